The number of carbonyl (C=O) groups is 1. The van der Waals surface area contributed by atoms with Gasteiger partial charge in [0.2, 0.25) is 5.91 Å². The molecule has 2 aliphatic carbocycles. The number of ether oxygens (including phenoxy) is 1. The third-order valence-corrected chi connectivity index (χ3v) is 6.37. The molecule has 2 saturated carbocycles. The van der Waals surface area contributed by atoms with Crippen molar-refractivity contribution in [1.29, 1.82) is 0 Å². The summed E-state index contributed by atoms with van der Waals surface area (Å²) in [6, 6.07) is 6.09. The van der Waals surface area contributed by atoms with E-state index in [1.165, 1.54) is 31.4 Å². The number of amides is 1. The lowest BCUT2D eigenvalue weighted by Gasteiger charge is -2.20. The van der Waals surface area contributed by atoms with Gasteiger partial charge in [0.15, 0.2) is 0 Å². The van der Waals surface area contributed by atoms with E-state index in [2.05, 4.69) is 10.3 Å². The van der Waals surface area contributed by atoms with Gasteiger partial charge in [0.1, 0.15) is 5.75 Å². The molecular formula is C17H24N2O4S. The molecule has 0 radical (unpaired) electrons. The predicted octanol–water partition coefficient (Wildman–Crippen LogP) is 2.22. The summed E-state index contributed by atoms with van der Waals surface area (Å²) in [7, 11) is -3.77. The van der Waals surface area contributed by atoms with E-state index >= 15 is 0 Å². The Balaban J connectivity index is 1.51. The van der Waals surface area contributed by atoms with E-state index in [0.29, 0.717) is 30.6 Å². The Hall–Kier alpha value is -1.60. The summed E-state index contributed by atoms with van der Waals surface area (Å²) >= 11 is 0. The molecule has 7 heteroatoms. The summed E-state index contributed by atoms with van der Waals surface area (Å²) in [6.45, 7) is 2.38. The average Bonchev–Trinajstić information content (AvgIpc) is 3.17. The summed E-state index contributed by atoms with van der Waals surface area (Å²) in [5.41, 5.74) is 2.34. The maximum atomic E-state index is 12.2. The second-order valence-electron chi connectivity index (χ2n) is 6.70. The number of hydrogen-bond donors (Lipinski definition) is 2. The first kappa shape index (κ1) is 17.2. The number of fused-ring (bicyclic) bond motifs is 2. The molecule has 1 aromatic carbocycles. The highest BCUT2D eigenvalue weighted by Gasteiger charge is 2.40. The molecular weight excluding hydrogens is 328 g/mol. The van der Waals surface area contributed by atoms with Crippen molar-refractivity contribution in [2.45, 2.75) is 43.9 Å². The molecule has 0 aromatic heterocycles. The fourth-order valence-corrected chi connectivity index (χ4v) is 4.84. The minimum atomic E-state index is -3.77. The molecule has 2 fully saturated rings. The molecule has 2 bridgehead atoms. The van der Waals surface area contributed by atoms with Gasteiger partial charge in [-0.05, 0) is 68.2 Å². The molecule has 24 heavy (non-hydrogen) atoms. The van der Waals surface area contributed by atoms with Crippen molar-refractivity contribution in [3.05, 3.63) is 24.3 Å². The Morgan fingerprint density at radius 2 is 1.96 bits per heavy atom. The Kier molecular flexibility index (Phi) is 5.10. The van der Waals surface area contributed by atoms with Crippen molar-refractivity contribution in [1.82, 2.24) is 10.3 Å². The summed E-state index contributed by atoms with van der Waals surface area (Å²) < 4.78 is 29.7. The molecule has 1 amide bonds. The smallest absolute Gasteiger partial charge is 0.257 e. The first-order valence-corrected chi connectivity index (χ1v) is 9.99. The number of rotatable bonds is 7. The fourth-order valence-electron chi connectivity index (χ4n) is 3.98. The molecule has 0 heterocycles. The molecule has 6 nitrogen and oxygen atoms in total. The number of hydrogen-bond acceptors (Lipinski definition) is 4. The number of nitrogens with one attached hydrogen (secondary N) is 2. The van der Waals surface area contributed by atoms with Crippen LogP contribution in [-0.2, 0) is 14.8 Å². The molecule has 3 atom stereocenters. The van der Waals surface area contributed by atoms with E-state index in [1.807, 2.05) is 6.92 Å². The summed E-state index contributed by atoms with van der Waals surface area (Å²) in [4.78, 5) is 14.3. The Morgan fingerprint density at radius 3 is 2.54 bits per heavy atom. The number of carbonyl (C=O) groups excluding carboxylic acids is 1. The fraction of sp³-hybridized carbons (Fsp3) is 0.588. The normalized spacial score (nSPS) is 25.6. The summed E-state index contributed by atoms with van der Waals surface area (Å²) in [6.07, 6.45) is 5.22. The Bertz CT molecular complexity index is 687. The van der Waals surface area contributed by atoms with E-state index in [-0.39, 0.29) is 10.8 Å². The molecule has 0 aliphatic heterocycles. The van der Waals surface area contributed by atoms with Crippen molar-refractivity contribution < 1.29 is 17.9 Å². The van der Waals surface area contributed by atoms with E-state index in [0.717, 1.165) is 12.3 Å². The summed E-state index contributed by atoms with van der Waals surface area (Å²) in [5, 5.41) is 0. The standard InChI is InChI=1S/C17H24N2O4S/c1-2-23-15-5-7-16(8-6-15)24(21,22)19-18-17(20)11-14-10-12-3-4-13(14)9-12/h5-8,12-14,19H,2-4,9-11H2,1H3,(H,18,20)/t12-,13+,14-/m0/s1. The zero-order chi connectivity index (χ0) is 17.2. The van der Waals surface area contributed by atoms with Crippen LogP contribution < -0.4 is 15.0 Å². The van der Waals surface area contributed by atoms with Crippen molar-refractivity contribution in [2.24, 2.45) is 17.8 Å². The van der Waals surface area contributed by atoms with Gasteiger partial charge in [-0.1, -0.05) is 6.42 Å². The largest absolute Gasteiger partial charge is 0.494 e. The van der Waals surface area contributed by atoms with Crippen molar-refractivity contribution in [2.75, 3.05) is 6.61 Å². The number of sulfonamides is 1. The van der Waals surface area contributed by atoms with Gasteiger partial charge in [0.05, 0.1) is 11.5 Å². The van der Waals surface area contributed by atoms with Crippen LogP contribution in [0, 0.1) is 17.8 Å². The maximum Gasteiger partial charge on any atom is 0.257 e. The monoisotopic (exact) mass is 352 g/mol. The van der Waals surface area contributed by atoms with Crippen LogP contribution in [0.5, 0.6) is 5.75 Å². The Morgan fingerprint density at radius 1 is 1.21 bits per heavy atom. The molecule has 2 N–H and O–H groups in total. The van der Waals surface area contributed by atoms with Crippen LogP contribution in [0.1, 0.15) is 39.0 Å². The Labute approximate surface area is 143 Å². The van der Waals surface area contributed by atoms with Gasteiger partial charge in [-0.25, -0.2) is 8.42 Å². The first-order valence-electron chi connectivity index (χ1n) is 8.51. The van der Waals surface area contributed by atoms with Crippen molar-refractivity contribution >= 4 is 15.9 Å². The van der Waals surface area contributed by atoms with E-state index in [4.69, 9.17) is 4.74 Å². The van der Waals surface area contributed by atoms with Crippen molar-refractivity contribution in [3.8, 4) is 5.75 Å². The van der Waals surface area contributed by atoms with Gasteiger partial charge in [-0.2, -0.15) is 0 Å². The van der Waals surface area contributed by atoms with Gasteiger partial charge in [-0.15, -0.1) is 4.83 Å². The number of benzene rings is 1. The quantitative estimate of drug-likeness (QED) is 0.737. The minimum Gasteiger partial charge on any atom is -0.494 e. The third kappa shape index (κ3) is 3.89. The van der Waals surface area contributed by atoms with Gasteiger partial charge < -0.3 is 4.74 Å². The molecule has 0 unspecified atom stereocenters. The van der Waals surface area contributed by atoms with Crippen LogP contribution in [0.25, 0.3) is 0 Å². The van der Waals surface area contributed by atoms with Crippen LogP contribution in [-0.4, -0.2) is 20.9 Å². The molecule has 3 rings (SSSR count). The third-order valence-electron chi connectivity index (χ3n) is 5.10. The second kappa shape index (κ2) is 7.11. The second-order valence-corrected chi connectivity index (χ2v) is 8.38. The van der Waals surface area contributed by atoms with Crippen LogP contribution in [0.15, 0.2) is 29.2 Å². The molecule has 2 aliphatic rings. The van der Waals surface area contributed by atoms with Crippen molar-refractivity contribution in [3.63, 3.8) is 0 Å². The SMILES string of the molecule is CCOc1ccc(S(=O)(=O)NNC(=O)C[C@@H]2C[C@H]3CC[C@@H]2C3)cc1. The molecule has 1 aromatic rings. The average molecular weight is 352 g/mol. The lowest BCUT2D eigenvalue weighted by molar-refractivity contribution is -0.122. The first-order chi connectivity index (χ1) is 11.5. The highest BCUT2D eigenvalue weighted by Crippen LogP contribution is 2.49. The van der Waals surface area contributed by atoms with Crippen LogP contribution in [0.2, 0.25) is 0 Å². The molecule has 0 spiro atoms. The van der Waals surface area contributed by atoms with Gasteiger partial charge in [0.25, 0.3) is 10.0 Å². The predicted molar refractivity (Wildman–Crippen MR) is 89.6 cm³/mol. The van der Waals surface area contributed by atoms with Gasteiger partial charge >= 0.3 is 0 Å². The van der Waals surface area contributed by atoms with Crippen LogP contribution >= 0.6 is 0 Å². The maximum absolute atomic E-state index is 12.2. The zero-order valence-electron chi connectivity index (χ0n) is 13.8. The van der Waals surface area contributed by atoms with Crippen LogP contribution in [0.4, 0.5) is 0 Å². The highest BCUT2D eigenvalue weighted by atomic mass is 32.2. The number of hydrazine groups is 1. The van der Waals surface area contributed by atoms with Gasteiger partial charge in [0, 0.05) is 6.42 Å². The van der Waals surface area contributed by atoms with E-state index in [9.17, 15) is 13.2 Å². The van der Waals surface area contributed by atoms with Crippen LogP contribution in [0.3, 0.4) is 0 Å². The summed E-state index contributed by atoms with van der Waals surface area (Å²) in [5.74, 6) is 2.16. The lowest BCUT2D eigenvalue weighted by atomic mass is 9.86. The highest BCUT2D eigenvalue weighted by molar-refractivity contribution is 7.89. The molecule has 132 valence electrons. The van der Waals surface area contributed by atoms with Gasteiger partial charge in [-0.3, -0.25) is 10.2 Å². The zero-order valence-corrected chi connectivity index (χ0v) is 14.6. The van der Waals surface area contributed by atoms with E-state index in [1.54, 1.807) is 12.1 Å². The molecule has 0 saturated heterocycles. The minimum absolute atomic E-state index is 0.0891. The topological polar surface area (TPSA) is 84.5 Å². The van der Waals surface area contributed by atoms with E-state index < -0.39 is 10.0 Å². The lowest BCUT2D eigenvalue weighted by Crippen LogP contribution is -2.42.